The molecule has 0 aromatic rings. The lowest BCUT2D eigenvalue weighted by molar-refractivity contribution is -0.133. The number of likely N-dealkylation sites (tertiary alicyclic amines) is 1. The molecule has 76 valence electrons. The predicted molar refractivity (Wildman–Crippen MR) is 59.8 cm³/mol. The average Bonchev–Trinajstić information content (AvgIpc) is 2.28. The molecule has 0 saturated carbocycles. The minimum absolute atomic E-state index is 0.226. The van der Waals surface area contributed by atoms with Gasteiger partial charge in [-0.2, -0.15) is 0 Å². The van der Waals surface area contributed by atoms with Crippen LogP contribution in [0.4, 0.5) is 0 Å². The molecule has 1 atom stereocenters. The summed E-state index contributed by atoms with van der Waals surface area (Å²) in [7, 11) is 1.86. The third-order valence-electron chi connectivity index (χ3n) is 3.31. The minimum atomic E-state index is -0.245. The molecule has 0 bridgehead atoms. The highest BCUT2D eigenvalue weighted by Crippen LogP contribution is 2.47. The molecule has 1 fully saturated rings. The molecule has 2 rings (SSSR count). The summed E-state index contributed by atoms with van der Waals surface area (Å²) in [6.07, 6.45) is 5.15. The number of carbonyl (C=O) groups is 1. The first-order valence-corrected chi connectivity index (χ1v) is 5.59. The summed E-state index contributed by atoms with van der Waals surface area (Å²) in [6, 6.07) is 0. The van der Waals surface area contributed by atoms with E-state index < -0.39 is 0 Å². The molecular formula is C11H14BrNO. The number of rotatable bonds is 0. The van der Waals surface area contributed by atoms with Crippen LogP contribution in [0, 0.1) is 11.3 Å². The van der Waals surface area contributed by atoms with Gasteiger partial charge in [0.15, 0.2) is 0 Å². The highest BCUT2D eigenvalue weighted by molar-refractivity contribution is 9.11. The van der Waals surface area contributed by atoms with Crippen molar-refractivity contribution in [1.29, 1.82) is 0 Å². The normalized spacial score (nSPS) is 29.9. The Hall–Kier alpha value is -0.570. The maximum Gasteiger partial charge on any atom is 0.232 e. The van der Waals surface area contributed by atoms with E-state index in [1.165, 1.54) is 0 Å². The van der Waals surface area contributed by atoms with Gasteiger partial charge in [0.25, 0.3) is 0 Å². The Morgan fingerprint density at radius 2 is 2.21 bits per heavy atom. The van der Waals surface area contributed by atoms with Crippen LogP contribution in [0.25, 0.3) is 0 Å². The number of carbonyl (C=O) groups excluding carboxylic acids is 1. The molecule has 1 saturated heterocycles. The largest absolute Gasteiger partial charge is 0.318 e. The van der Waals surface area contributed by atoms with Gasteiger partial charge in [0, 0.05) is 23.1 Å². The van der Waals surface area contributed by atoms with Crippen molar-refractivity contribution in [2.75, 3.05) is 7.05 Å². The van der Waals surface area contributed by atoms with Crippen LogP contribution in [0.5, 0.6) is 0 Å². The maximum atomic E-state index is 11.9. The fraction of sp³-hybridized carbons (Fsp3) is 0.545. The molecule has 0 N–H and O–H groups in total. The van der Waals surface area contributed by atoms with Crippen molar-refractivity contribution in [3.8, 4) is 0 Å². The first kappa shape index (κ1) is 9.97. The average molecular weight is 256 g/mol. The zero-order valence-electron chi connectivity index (χ0n) is 8.67. The van der Waals surface area contributed by atoms with Gasteiger partial charge in [-0.05, 0) is 12.5 Å². The van der Waals surface area contributed by atoms with Gasteiger partial charge in [0.1, 0.15) is 0 Å². The van der Waals surface area contributed by atoms with Crippen molar-refractivity contribution in [3.05, 3.63) is 22.3 Å². The highest BCUT2D eigenvalue weighted by Gasteiger charge is 2.49. The minimum Gasteiger partial charge on any atom is -0.318 e. The van der Waals surface area contributed by atoms with Gasteiger partial charge in [0.2, 0.25) is 5.91 Å². The standard InChI is InChI=1S/C11H14BrNO/c1-11(2)8-5-4-7(12)6-9(8)13(3)10(11)14/h4,6,8H,5H2,1-3H3. The number of hydrogen-bond donors (Lipinski definition) is 0. The number of hydrogen-bond acceptors (Lipinski definition) is 1. The zero-order valence-corrected chi connectivity index (χ0v) is 10.3. The van der Waals surface area contributed by atoms with E-state index in [4.69, 9.17) is 0 Å². The van der Waals surface area contributed by atoms with E-state index in [1.54, 1.807) is 4.90 Å². The summed E-state index contributed by atoms with van der Waals surface area (Å²) in [4.78, 5) is 13.7. The van der Waals surface area contributed by atoms with Gasteiger partial charge < -0.3 is 4.90 Å². The third kappa shape index (κ3) is 1.18. The highest BCUT2D eigenvalue weighted by atomic mass is 79.9. The summed E-state index contributed by atoms with van der Waals surface area (Å²) < 4.78 is 1.08. The van der Waals surface area contributed by atoms with Crippen LogP contribution in [0.3, 0.4) is 0 Å². The number of allylic oxidation sites excluding steroid dienone is 4. The zero-order chi connectivity index (χ0) is 10.5. The number of fused-ring (bicyclic) bond motifs is 1. The SMILES string of the molecule is CN1C(=O)C(C)(C)C2CC=C(Br)C=C21. The summed E-state index contributed by atoms with van der Waals surface area (Å²) in [5.74, 6) is 0.575. The van der Waals surface area contributed by atoms with E-state index in [0.29, 0.717) is 5.92 Å². The Balaban J connectivity index is 2.46. The van der Waals surface area contributed by atoms with Crippen LogP contribution in [0.15, 0.2) is 22.3 Å². The second-order valence-electron chi connectivity index (χ2n) is 4.53. The van der Waals surface area contributed by atoms with E-state index in [2.05, 4.69) is 28.1 Å². The Kier molecular flexibility index (Phi) is 2.11. The van der Waals surface area contributed by atoms with E-state index >= 15 is 0 Å². The lowest BCUT2D eigenvalue weighted by Crippen LogP contribution is -2.29. The molecule has 0 aromatic heterocycles. The first-order chi connectivity index (χ1) is 6.44. The second kappa shape index (κ2) is 2.96. The van der Waals surface area contributed by atoms with E-state index in [0.717, 1.165) is 16.6 Å². The lowest BCUT2D eigenvalue weighted by atomic mass is 9.77. The molecule has 0 spiro atoms. The van der Waals surface area contributed by atoms with Crippen LogP contribution in [-0.4, -0.2) is 17.9 Å². The topological polar surface area (TPSA) is 20.3 Å². The fourth-order valence-corrected chi connectivity index (χ4v) is 2.77. The first-order valence-electron chi connectivity index (χ1n) is 4.80. The summed E-state index contributed by atoms with van der Waals surface area (Å²) in [5, 5.41) is 0. The summed E-state index contributed by atoms with van der Waals surface area (Å²) in [5.41, 5.74) is 0.902. The molecule has 0 radical (unpaired) electrons. The van der Waals surface area contributed by atoms with Crippen LogP contribution in [-0.2, 0) is 4.79 Å². The molecule has 2 aliphatic rings. The van der Waals surface area contributed by atoms with Crippen molar-refractivity contribution < 1.29 is 4.79 Å². The summed E-state index contributed by atoms with van der Waals surface area (Å²) >= 11 is 3.46. The van der Waals surface area contributed by atoms with Gasteiger partial charge in [-0.25, -0.2) is 0 Å². The van der Waals surface area contributed by atoms with E-state index in [1.807, 2.05) is 20.9 Å². The molecule has 1 heterocycles. The third-order valence-corrected chi connectivity index (χ3v) is 3.86. The van der Waals surface area contributed by atoms with Crippen molar-refractivity contribution >= 4 is 21.8 Å². The van der Waals surface area contributed by atoms with Crippen molar-refractivity contribution in [2.45, 2.75) is 20.3 Å². The maximum absolute atomic E-state index is 11.9. The van der Waals surface area contributed by atoms with Gasteiger partial charge in [-0.3, -0.25) is 4.79 Å². The number of nitrogens with zero attached hydrogens (tertiary/aromatic N) is 1. The van der Waals surface area contributed by atoms with Crippen molar-refractivity contribution in [2.24, 2.45) is 11.3 Å². The quantitative estimate of drug-likeness (QED) is 0.652. The second-order valence-corrected chi connectivity index (χ2v) is 5.45. The number of amides is 1. The molecule has 1 aliphatic heterocycles. The fourth-order valence-electron chi connectivity index (χ4n) is 2.35. The molecule has 3 heteroatoms. The van der Waals surface area contributed by atoms with Crippen molar-refractivity contribution in [1.82, 2.24) is 4.90 Å². The van der Waals surface area contributed by atoms with Gasteiger partial charge in [0.05, 0.1) is 5.41 Å². The smallest absolute Gasteiger partial charge is 0.232 e. The molecule has 1 aliphatic carbocycles. The lowest BCUT2D eigenvalue weighted by Gasteiger charge is -2.24. The van der Waals surface area contributed by atoms with E-state index in [9.17, 15) is 4.79 Å². The van der Waals surface area contributed by atoms with Gasteiger partial charge in [-0.15, -0.1) is 0 Å². The van der Waals surface area contributed by atoms with E-state index in [-0.39, 0.29) is 11.3 Å². The van der Waals surface area contributed by atoms with Crippen LogP contribution in [0.1, 0.15) is 20.3 Å². The predicted octanol–water partition coefficient (Wildman–Crippen LogP) is 2.67. The Morgan fingerprint density at radius 3 is 2.86 bits per heavy atom. The Labute approximate surface area is 92.8 Å². The molecule has 14 heavy (non-hydrogen) atoms. The summed E-state index contributed by atoms with van der Waals surface area (Å²) in [6.45, 7) is 4.06. The monoisotopic (exact) mass is 255 g/mol. The number of halogens is 1. The molecular weight excluding hydrogens is 242 g/mol. The van der Waals surface area contributed by atoms with Crippen LogP contribution < -0.4 is 0 Å². The Bertz CT molecular complexity index is 354. The molecule has 1 unspecified atom stereocenters. The molecule has 1 amide bonds. The Morgan fingerprint density at radius 1 is 1.57 bits per heavy atom. The van der Waals surface area contributed by atoms with Crippen molar-refractivity contribution in [3.63, 3.8) is 0 Å². The van der Waals surface area contributed by atoms with Crippen LogP contribution >= 0.6 is 15.9 Å². The molecule has 0 aromatic carbocycles. The van der Waals surface area contributed by atoms with Crippen LogP contribution in [0.2, 0.25) is 0 Å². The molecule has 2 nitrogen and oxygen atoms in total. The van der Waals surface area contributed by atoms with Gasteiger partial charge >= 0.3 is 0 Å². The van der Waals surface area contributed by atoms with Gasteiger partial charge in [-0.1, -0.05) is 35.9 Å².